The maximum absolute atomic E-state index is 12.3. The number of benzene rings is 1. The molecule has 1 atom stereocenters. The fraction of sp³-hybridized carbons (Fsp3) is 0.267. The molecule has 0 amide bonds. The van der Waals surface area contributed by atoms with Crippen molar-refractivity contribution in [2.45, 2.75) is 19.6 Å². The number of imidazole rings is 1. The summed E-state index contributed by atoms with van der Waals surface area (Å²) in [5.74, 6) is -2.16. The summed E-state index contributed by atoms with van der Waals surface area (Å²) in [6, 6.07) is 5.59. The topological polar surface area (TPSA) is 125 Å². The highest BCUT2D eigenvalue weighted by molar-refractivity contribution is 6.18. The van der Waals surface area contributed by atoms with Gasteiger partial charge in [0.05, 0.1) is 17.0 Å². The Bertz CT molecular complexity index is 819. The van der Waals surface area contributed by atoms with Crippen LogP contribution in [0.2, 0.25) is 0 Å². The van der Waals surface area contributed by atoms with E-state index >= 15 is 0 Å². The van der Waals surface area contributed by atoms with Gasteiger partial charge in [0.1, 0.15) is 12.7 Å². The minimum atomic E-state index is -1.27. The lowest BCUT2D eigenvalue weighted by Crippen LogP contribution is -2.27. The van der Waals surface area contributed by atoms with Crippen molar-refractivity contribution in [2.75, 3.05) is 5.88 Å². The summed E-state index contributed by atoms with van der Waals surface area (Å²) in [6.45, 7) is 1.49. The number of nitrogens with zero attached hydrogens (tertiary/aromatic N) is 3. The molecule has 0 fully saturated rings. The monoisotopic (exact) mass is 367 g/mol. The van der Waals surface area contributed by atoms with E-state index in [-0.39, 0.29) is 29.4 Å². The zero-order valence-corrected chi connectivity index (χ0v) is 13.8. The summed E-state index contributed by atoms with van der Waals surface area (Å²) in [4.78, 5) is 37.7. The molecule has 2 rings (SSSR count). The van der Waals surface area contributed by atoms with Crippen LogP contribution in [0, 0.1) is 17.0 Å². The average molecular weight is 368 g/mol. The van der Waals surface area contributed by atoms with Gasteiger partial charge in [0, 0.05) is 6.92 Å². The van der Waals surface area contributed by atoms with E-state index < -0.39 is 23.0 Å². The van der Waals surface area contributed by atoms with Gasteiger partial charge in [0.25, 0.3) is 0 Å². The van der Waals surface area contributed by atoms with Crippen molar-refractivity contribution in [3.05, 3.63) is 57.5 Å². The first-order valence-corrected chi connectivity index (χ1v) is 7.64. The predicted octanol–water partition coefficient (Wildman–Crippen LogP) is 2.26. The Morgan fingerprint density at radius 1 is 1.40 bits per heavy atom. The molecule has 0 aliphatic carbocycles. The Balaban J connectivity index is 2.21. The minimum Gasteiger partial charge on any atom is -0.478 e. The zero-order valence-electron chi connectivity index (χ0n) is 13.1. The normalized spacial score (nSPS) is 11.8. The number of hydrogen-bond acceptors (Lipinski definition) is 6. The first-order chi connectivity index (χ1) is 11.8. The van der Waals surface area contributed by atoms with Gasteiger partial charge in [-0.1, -0.05) is 12.1 Å². The second-order valence-electron chi connectivity index (χ2n) is 5.06. The van der Waals surface area contributed by atoms with E-state index in [0.29, 0.717) is 5.82 Å². The number of carbonyl (C=O) groups is 2. The molecule has 1 N–H and O–H groups in total. The van der Waals surface area contributed by atoms with Crippen LogP contribution in [0.25, 0.3) is 0 Å². The summed E-state index contributed by atoms with van der Waals surface area (Å²) in [7, 11) is 0. The lowest BCUT2D eigenvalue weighted by molar-refractivity contribution is -0.392. The molecular formula is C15H14ClN3O6. The van der Waals surface area contributed by atoms with E-state index in [4.69, 9.17) is 21.4 Å². The molecule has 132 valence electrons. The average Bonchev–Trinajstić information content (AvgIpc) is 2.95. The van der Waals surface area contributed by atoms with Crippen molar-refractivity contribution < 1.29 is 24.4 Å². The fourth-order valence-corrected chi connectivity index (χ4v) is 2.37. The number of aryl methyl sites for hydroxylation is 1. The van der Waals surface area contributed by atoms with E-state index in [2.05, 4.69) is 4.98 Å². The number of halogens is 1. The third-order valence-corrected chi connectivity index (χ3v) is 3.77. The van der Waals surface area contributed by atoms with Gasteiger partial charge >= 0.3 is 17.8 Å². The van der Waals surface area contributed by atoms with Crippen LogP contribution in [0.5, 0.6) is 0 Å². The third kappa shape index (κ3) is 4.13. The molecule has 1 aromatic carbocycles. The number of aromatic nitrogens is 2. The predicted molar refractivity (Wildman–Crippen MR) is 86.9 cm³/mol. The van der Waals surface area contributed by atoms with E-state index in [9.17, 15) is 19.7 Å². The number of hydrogen-bond donors (Lipinski definition) is 1. The zero-order chi connectivity index (χ0) is 18.6. The van der Waals surface area contributed by atoms with Crippen LogP contribution in [0.3, 0.4) is 0 Å². The van der Waals surface area contributed by atoms with E-state index in [1.54, 1.807) is 6.92 Å². The molecule has 1 unspecified atom stereocenters. The summed E-state index contributed by atoms with van der Waals surface area (Å²) >= 11 is 5.81. The first kappa shape index (κ1) is 18.4. The lowest BCUT2D eigenvalue weighted by atomic mass is 10.1. The van der Waals surface area contributed by atoms with Gasteiger partial charge in [-0.15, -0.1) is 11.6 Å². The van der Waals surface area contributed by atoms with Crippen molar-refractivity contribution in [1.29, 1.82) is 0 Å². The number of aromatic carboxylic acids is 1. The first-order valence-electron chi connectivity index (χ1n) is 7.11. The van der Waals surface area contributed by atoms with Crippen LogP contribution >= 0.6 is 11.6 Å². The maximum Gasteiger partial charge on any atom is 0.342 e. The molecule has 0 aliphatic rings. The van der Waals surface area contributed by atoms with Crippen molar-refractivity contribution >= 4 is 29.4 Å². The smallest absolute Gasteiger partial charge is 0.342 e. The number of carboxylic acids is 1. The number of carbonyl (C=O) groups excluding carboxylic acids is 1. The maximum atomic E-state index is 12.3. The van der Waals surface area contributed by atoms with Gasteiger partial charge in [-0.2, -0.15) is 0 Å². The Labute approximate surface area is 147 Å². The summed E-state index contributed by atoms with van der Waals surface area (Å²) < 4.78 is 6.50. The number of rotatable bonds is 7. The highest BCUT2D eigenvalue weighted by atomic mass is 35.5. The SMILES string of the molecule is Cc1ncc([N+](=O)[O-])n1CC(CCl)OC(=O)c1ccccc1C(=O)O. The van der Waals surface area contributed by atoms with Crippen LogP contribution in [0.15, 0.2) is 30.5 Å². The van der Waals surface area contributed by atoms with Crippen LogP contribution in [-0.4, -0.2) is 43.5 Å². The number of nitro groups is 1. The van der Waals surface area contributed by atoms with Gasteiger partial charge in [-0.05, 0) is 17.1 Å². The molecule has 0 saturated carbocycles. The molecule has 10 heteroatoms. The second kappa shape index (κ2) is 7.75. The van der Waals surface area contributed by atoms with Gasteiger partial charge < -0.3 is 20.0 Å². The van der Waals surface area contributed by atoms with E-state index in [0.717, 1.165) is 6.20 Å². The molecule has 0 radical (unpaired) electrons. The third-order valence-electron chi connectivity index (χ3n) is 3.43. The highest BCUT2D eigenvalue weighted by Crippen LogP contribution is 2.17. The van der Waals surface area contributed by atoms with Gasteiger partial charge in [0.15, 0.2) is 11.9 Å². The Hall–Kier alpha value is -2.94. The standard InChI is InChI=1S/C15H14ClN3O6/c1-9-17-7-13(19(23)24)18(9)8-10(6-16)25-15(22)12-5-3-2-4-11(12)14(20)21/h2-5,7,10H,6,8H2,1H3,(H,20,21). The van der Waals surface area contributed by atoms with E-state index in [1.165, 1.54) is 28.8 Å². The van der Waals surface area contributed by atoms with Crippen LogP contribution in [0.4, 0.5) is 5.82 Å². The molecule has 9 nitrogen and oxygen atoms in total. The van der Waals surface area contributed by atoms with Gasteiger partial charge in [-0.3, -0.25) is 0 Å². The van der Waals surface area contributed by atoms with Crippen molar-refractivity contribution in [1.82, 2.24) is 9.55 Å². The fourth-order valence-electron chi connectivity index (χ4n) is 2.21. The highest BCUT2D eigenvalue weighted by Gasteiger charge is 2.25. The molecule has 0 aliphatic heterocycles. The van der Waals surface area contributed by atoms with Gasteiger partial charge in [-0.25, -0.2) is 19.1 Å². The molecule has 25 heavy (non-hydrogen) atoms. The Kier molecular flexibility index (Phi) is 5.71. The quantitative estimate of drug-likeness (QED) is 0.344. The molecule has 0 spiro atoms. The van der Waals surface area contributed by atoms with Crippen molar-refractivity contribution in [2.24, 2.45) is 0 Å². The Morgan fingerprint density at radius 2 is 2.04 bits per heavy atom. The molecule has 0 bridgehead atoms. The molecule has 2 aromatic rings. The summed E-state index contributed by atoms with van der Waals surface area (Å²) in [5, 5.41) is 20.1. The van der Waals surface area contributed by atoms with Crippen LogP contribution < -0.4 is 0 Å². The second-order valence-corrected chi connectivity index (χ2v) is 5.37. The lowest BCUT2D eigenvalue weighted by Gasteiger charge is -2.15. The van der Waals surface area contributed by atoms with Gasteiger partial charge in [0.2, 0.25) is 0 Å². The van der Waals surface area contributed by atoms with Crippen LogP contribution in [0.1, 0.15) is 26.5 Å². The Morgan fingerprint density at radius 3 is 2.60 bits per heavy atom. The molecule has 1 aromatic heterocycles. The minimum absolute atomic E-state index is 0.0768. The number of alkyl halides is 1. The van der Waals surface area contributed by atoms with Crippen molar-refractivity contribution in [3.63, 3.8) is 0 Å². The van der Waals surface area contributed by atoms with Crippen LogP contribution in [-0.2, 0) is 11.3 Å². The molecule has 0 saturated heterocycles. The number of esters is 1. The molecular weight excluding hydrogens is 354 g/mol. The van der Waals surface area contributed by atoms with E-state index in [1.807, 2.05) is 0 Å². The summed E-state index contributed by atoms with van der Waals surface area (Å²) in [5.41, 5.74) is -0.326. The molecule has 1 heterocycles. The largest absolute Gasteiger partial charge is 0.478 e. The number of carboxylic acid groups (broad SMARTS) is 1. The summed E-state index contributed by atoms with van der Waals surface area (Å²) in [6.07, 6.45) is 0.199. The van der Waals surface area contributed by atoms with Crippen molar-refractivity contribution in [3.8, 4) is 0 Å². The number of ether oxygens (including phenoxy) is 1.